The number of ether oxygens (including phenoxy) is 3. The zero-order valence-electron chi connectivity index (χ0n) is 38.8. The largest absolute Gasteiger partial charge is 0.482 e. The van der Waals surface area contributed by atoms with E-state index >= 15 is 30.7 Å². The summed E-state index contributed by atoms with van der Waals surface area (Å²) in [5.74, 6) is -8.35. The van der Waals surface area contributed by atoms with Crippen LogP contribution in [0.2, 0.25) is 10.0 Å². The molecule has 0 radical (unpaired) electrons. The first-order valence-electron chi connectivity index (χ1n) is 22.1. The number of hydrogen-bond acceptors (Lipinski definition) is 8. The lowest BCUT2D eigenvalue weighted by molar-refractivity contribution is -0.274. The molecule has 2 amide bonds. The number of aliphatic carboxylic acids is 1. The lowest BCUT2D eigenvalue weighted by Crippen LogP contribution is -2.50. The third kappa shape index (κ3) is 9.43. The van der Waals surface area contributed by atoms with Crippen LogP contribution in [0.5, 0.6) is 11.5 Å². The van der Waals surface area contributed by atoms with Crippen LogP contribution in [0.1, 0.15) is 63.9 Å². The van der Waals surface area contributed by atoms with Crippen molar-refractivity contribution >= 4 is 58.3 Å². The van der Waals surface area contributed by atoms with E-state index < -0.39 is 98.8 Å². The number of hydrogen-bond donors (Lipinski definition) is 2. The smallest absolute Gasteiger partial charge is 0.433 e. The number of halogens is 9. The van der Waals surface area contributed by atoms with E-state index in [1.807, 2.05) is 0 Å². The molecule has 6 aromatic carbocycles. The molecule has 0 spiro atoms. The number of carbonyl (C=O) groups is 4. The molecule has 73 heavy (non-hydrogen) atoms. The third-order valence-electron chi connectivity index (χ3n) is 13.4. The number of carboxylic acids is 1. The Kier molecular flexibility index (Phi) is 13.8. The highest BCUT2D eigenvalue weighted by molar-refractivity contribution is 6.32. The number of esters is 1. The summed E-state index contributed by atoms with van der Waals surface area (Å²) < 4.78 is 127. The number of carboxylic acid groups (broad SMARTS) is 1. The van der Waals surface area contributed by atoms with E-state index in [0.29, 0.717) is 16.7 Å². The predicted octanol–water partition coefficient (Wildman–Crippen LogP) is 11.8. The second kappa shape index (κ2) is 19.4. The highest BCUT2D eigenvalue weighted by Crippen LogP contribution is 2.55. The molecular weight excluding hydrogens is 1010 g/mol. The van der Waals surface area contributed by atoms with Crippen LogP contribution >= 0.6 is 23.2 Å². The van der Waals surface area contributed by atoms with Crippen molar-refractivity contribution in [2.45, 2.75) is 55.7 Å². The van der Waals surface area contributed by atoms with Crippen molar-refractivity contribution in [2.75, 3.05) is 37.1 Å². The highest BCUT2D eigenvalue weighted by Gasteiger charge is 2.64. The van der Waals surface area contributed by atoms with Crippen molar-refractivity contribution in [1.82, 2.24) is 0 Å². The number of rotatable bonds is 12. The normalized spacial score (nSPS) is 16.2. The maximum Gasteiger partial charge on any atom is 0.433 e. The van der Waals surface area contributed by atoms with Crippen LogP contribution in [-0.2, 0) is 36.7 Å². The maximum absolute atomic E-state index is 16.4. The Hall–Kier alpha value is -7.15. The highest BCUT2D eigenvalue weighted by atomic mass is 35.5. The van der Waals surface area contributed by atoms with Gasteiger partial charge in [-0.1, -0.05) is 97.7 Å². The summed E-state index contributed by atoms with van der Waals surface area (Å²) in [6.45, 7) is 1.44. The molecule has 2 N–H and O–H groups in total. The Balaban J connectivity index is 1.17. The minimum atomic E-state index is -5.46. The van der Waals surface area contributed by atoms with Crippen molar-refractivity contribution in [3.63, 3.8) is 0 Å². The van der Waals surface area contributed by atoms with Crippen molar-refractivity contribution < 1.29 is 74.3 Å². The Bertz CT molecular complexity index is 3210. The van der Waals surface area contributed by atoms with E-state index in [9.17, 15) is 24.3 Å². The van der Waals surface area contributed by atoms with Crippen LogP contribution in [0.25, 0.3) is 22.3 Å². The molecule has 4 unspecified atom stereocenters. The number of carbonyl (C=O) groups excluding carboxylic acids is 3. The molecule has 6 aromatic rings. The number of benzene rings is 6. The molecule has 8 rings (SSSR count). The Morgan fingerprint density at radius 3 is 1.70 bits per heavy atom. The molecule has 0 fully saturated rings. The molecule has 0 saturated carbocycles. The van der Waals surface area contributed by atoms with Gasteiger partial charge in [-0.05, 0) is 93.5 Å². The SMILES string of the molecule is CC(c1ccc(-c2cc(C(=O)OC(c3ccc4c(c3)N(C)C(=O)CO4)(C(C)c3ccc(-c4ccc(CC(=O)O)cc4)cc3Cl)C(F)(F)F)ccc2F)cc1Cl)C(O)(c1ccc2c(c1)N(C)C(=O)CO2)C(F)(F)F. The zero-order chi connectivity index (χ0) is 53.1. The van der Waals surface area contributed by atoms with Crippen LogP contribution in [0, 0.1) is 5.82 Å². The van der Waals surface area contributed by atoms with Crippen molar-refractivity contribution in [1.29, 1.82) is 0 Å². The van der Waals surface area contributed by atoms with E-state index in [1.54, 1.807) is 24.3 Å². The average molecular weight is 1050 g/mol. The zero-order valence-corrected chi connectivity index (χ0v) is 40.3. The summed E-state index contributed by atoms with van der Waals surface area (Å²) in [6, 6.07) is 22.8. The van der Waals surface area contributed by atoms with E-state index in [1.165, 1.54) is 44.4 Å². The summed E-state index contributed by atoms with van der Waals surface area (Å²) in [5.41, 5.74) is -8.67. The molecule has 11 nitrogen and oxygen atoms in total. The first kappa shape index (κ1) is 52.2. The van der Waals surface area contributed by atoms with Crippen molar-refractivity contribution in [2.24, 2.45) is 0 Å². The van der Waals surface area contributed by atoms with Crippen molar-refractivity contribution in [3.8, 4) is 33.8 Å². The van der Waals surface area contributed by atoms with Gasteiger partial charge in [0, 0.05) is 47.1 Å². The monoisotopic (exact) mass is 1050 g/mol. The standard InChI is InChI=1S/C53H41Cl2F7N2O9/c1-27(50(70,52(57,58)59)34-12-17-44-42(23-34)63(3)46(65)25-71-44)36-15-10-32(22-40(36)55)38-20-33(11-16-41(38)56)49(69)73-51(53(60,61)62,35-13-18-45-43(24-35)64(4)47(66)26-72-45)28(2)37-14-9-31(21-39(37)54)30-7-5-29(6-8-30)19-48(67)68/h5-18,20-24,27-28,70H,19,25-26H2,1-4H3,(H,67,68). The lowest BCUT2D eigenvalue weighted by Gasteiger charge is -2.41. The molecule has 380 valence electrons. The van der Waals surface area contributed by atoms with E-state index in [-0.39, 0.29) is 57.6 Å². The second-order valence-corrected chi connectivity index (χ2v) is 18.4. The van der Waals surface area contributed by atoms with Crippen LogP contribution in [0.15, 0.2) is 115 Å². The van der Waals surface area contributed by atoms with Crippen molar-refractivity contribution in [3.05, 3.63) is 165 Å². The molecule has 2 aliphatic rings. The maximum atomic E-state index is 16.4. The summed E-state index contributed by atoms with van der Waals surface area (Å²) in [6.07, 6.45) is -11.0. The predicted molar refractivity (Wildman–Crippen MR) is 256 cm³/mol. The van der Waals surface area contributed by atoms with E-state index in [0.717, 1.165) is 84.3 Å². The number of anilines is 2. The summed E-state index contributed by atoms with van der Waals surface area (Å²) in [4.78, 5) is 52.8. The van der Waals surface area contributed by atoms with E-state index in [4.69, 9.17) is 42.5 Å². The fourth-order valence-electron chi connectivity index (χ4n) is 9.15. The first-order valence-corrected chi connectivity index (χ1v) is 22.9. The molecule has 2 heterocycles. The van der Waals surface area contributed by atoms with Gasteiger partial charge in [0.1, 0.15) is 17.3 Å². The van der Waals surface area contributed by atoms with Gasteiger partial charge in [-0.25, -0.2) is 9.18 Å². The molecule has 4 atom stereocenters. The summed E-state index contributed by atoms with van der Waals surface area (Å²) in [7, 11) is 2.66. The van der Waals surface area contributed by atoms with Gasteiger partial charge < -0.3 is 34.2 Å². The number of fused-ring (bicyclic) bond motifs is 2. The molecule has 2 aliphatic heterocycles. The average Bonchev–Trinajstić information content (AvgIpc) is 3.34. The summed E-state index contributed by atoms with van der Waals surface area (Å²) >= 11 is 13.4. The molecular formula is C53H41Cl2F7N2O9. The van der Waals surface area contributed by atoms with Gasteiger partial charge in [-0.2, -0.15) is 26.3 Å². The Morgan fingerprint density at radius 1 is 0.658 bits per heavy atom. The van der Waals surface area contributed by atoms with Crippen LogP contribution in [0.4, 0.5) is 42.1 Å². The Labute approximate surface area is 422 Å². The molecule has 0 bridgehead atoms. The fourth-order valence-corrected chi connectivity index (χ4v) is 9.84. The summed E-state index contributed by atoms with van der Waals surface area (Å²) in [5, 5.41) is 20.2. The van der Waals surface area contributed by atoms with Gasteiger partial charge in [0.15, 0.2) is 18.8 Å². The molecule has 0 saturated heterocycles. The van der Waals surface area contributed by atoms with Gasteiger partial charge in [0.05, 0.1) is 23.4 Å². The topological polar surface area (TPSA) is 143 Å². The number of likely N-dealkylation sites (N-methyl/N-ethyl adjacent to an activating group) is 2. The van der Waals surface area contributed by atoms with Gasteiger partial charge in [0.25, 0.3) is 11.8 Å². The molecule has 0 aliphatic carbocycles. The lowest BCUT2D eigenvalue weighted by atomic mass is 9.76. The van der Waals surface area contributed by atoms with Gasteiger partial charge in [0.2, 0.25) is 5.60 Å². The number of aliphatic hydroxyl groups is 1. The third-order valence-corrected chi connectivity index (χ3v) is 14.0. The number of nitrogens with zero attached hydrogens (tertiary/aromatic N) is 2. The minimum Gasteiger partial charge on any atom is -0.482 e. The van der Waals surface area contributed by atoms with Gasteiger partial charge in [-0.15, -0.1) is 0 Å². The second-order valence-electron chi connectivity index (χ2n) is 17.6. The van der Waals surface area contributed by atoms with Crippen LogP contribution in [0.3, 0.4) is 0 Å². The minimum absolute atomic E-state index is 0.0276. The van der Waals surface area contributed by atoms with Crippen LogP contribution in [-0.4, -0.2) is 73.6 Å². The quantitative estimate of drug-likeness (QED) is 0.0904. The van der Waals surface area contributed by atoms with E-state index in [2.05, 4.69) is 0 Å². The van der Waals surface area contributed by atoms with Gasteiger partial charge in [-0.3, -0.25) is 14.4 Å². The molecule has 0 aromatic heterocycles. The number of alkyl halides is 6. The first-order chi connectivity index (χ1) is 34.3. The fraction of sp³-hybridized carbons (Fsp3) is 0.245. The number of amides is 2. The molecule has 20 heteroatoms. The van der Waals surface area contributed by atoms with Gasteiger partial charge >= 0.3 is 24.3 Å². The Morgan fingerprint density at radius 2 is 1.16 bits per heavy atom. The van der Waals surface area contributed by atoms with Crippen LogP contribution < -0.4 is 19.3 Å².